The summed E-state index contributed by atoms with van der Waals surface area (Å²) in [4.78, 5) is 27.4. The Hall–Kier alpha value is -3.81. The molecule has 0 aliphatic rings. The predicted molar refractivity (Wildman–Crippen MR) is 139 cm³/mol. The Balaban J connectivity index is 1.73. The smallest absolute Gasteiger partial charge is 0.322 e. The Bertz CT molecular complexity index is 1120. The van der Waals surface area contributed by atoms with Crippen molar-refractivity contribution in [3.05, 3.63) is 66.4 Å². The number of carbonyl (C=O) groups is 2. The average molecular weight is 478 g/mol. The van der Waals surface area contributed by atoms with E-state index in [9.17, 15) is 9.59 Å². The van der Waals surface area contributed by atoms with Crippen LogP contribution in [0.15, 0.2) is 60.7 Å². The van der Waals surface area contributed by atoms with Crippen LogP contribution < -0.4 is 15.4 Å². The summed E-state index contributed by atoms with van der Waals surface area (Å²) in [5.41, 5.74) is 2.15. The van der Waals surface area contributed by atoms with E-state index in [0.717, 1.165) is 23.6 Å². The third-order valence-corrected chi connectivity index (χ3v) is 5.28. The normalized spacial score (nSPS) is 11.1. The molecular weight excluding hydrogens is 442 g/mol. The largest absolute Gasteiger partial charge is 0.494 e. The van der Waals surface area contributed by atoms with Gasteiger partial charge in [0.25, 0.3) is 0 Å². The van der Waals surface area contributed by atoms with Gasteiger partial charge in [-0.25, -0.2) is 9.48 Å². The lowest BCUT2D eigenvalue weighted by Gasteiger charge is -2.22. The standard InChI is InChI=1S/C27H35N5O3/c1-6-17-31(26(34)28-20-13-15-22(16-14-20)35-7-2)19-25(33)29-24-18-23(27(3,4)5)30-32(24)21-11-9-8-10-12-21/h8-16,18H,6-7,17,19H2,1-5H3,(H,28,34)(H,29,33). The van der Waals surface area contributed by atoms with E-state index in [4.69, 9.17) is 9.84 Å². The fourth-order valence-corrected chi connectivity index (χ4v) is 3.48. The lowest BCUT2D eigenvalue weighted by molar-refractivity contribution is -0.116. The number of hydrogen-bond acceptors (Lipinski definition) is 4. The van der Waals surface area contributed by atoms with Crippen molar-refractivity contribution >= 4 is 23.4 Å². The quantitative estimate of drug-likeness (QED) is 0.429. The summed E-state index contributed by atoms with van der Waals surface area (Å²) >= 11 is 0. The highest BCUT2D eigenvalue weighted by Gasteiger charge is 2.23. The van der Waals surface area contributed by atoms with Crippen molar-refractivity contribution in [3.63, 3.8) is 0 Å². The summed E-state index contributed by atoms with van der Waals surface area (Å²) in [5.74, 6) is 1.01. The Morgan fingerprint density at radius 2 is 1.69 bits per heavy atom. The molecule has 1 heterocycles. The number of para-hydroxylation sites is 1. The number of aromatic nitrogens is 2. The molecule has 8 heteroatoms. The SMILES string of the molecule is CCCN(CC(=O)Nc1cc(C(C)(C)C)nn1-c1ccccc1)C(=O)Nc1ccc(OCC)cc1. The van der Waals surface area contributed by atoms with Crippen LogP contribution in [0, 0.1) is 0 Å². The second-order valence-electron chi connectivity index (χ2n) is 9.27. The monoisotopic (exact) mass is 477 g/mol. The van der Waals surface area contributed by atoms with Crippen molar-refractivity contribution in [2.75, 3.05) is 30.3 Å². The number of hydrogen-bond donors (Lipinski definition) is 2. The average Bonchev–Trinajstić information content (AvgIpc) is 3.25. The molecule has 186 valence electrons. The molecule has 8 nitrogen and oxygen atoms in total. The summed E-state index contributed by atoms with van der Waals surface area (Å²) in [5, 5.41) is 10.5. The van der Waals surface area contributed by atoms with E-state index in [0.29, 0.717) is 24.7 Å². The van der Waals surface area contributed by atoms with Gasteiger partial charge in [0.2, 0.25) is 5.91 Å². The van der Waals surface area contributed by atoms with Gasteiger partial charge in [0, 0.05) is 23.7 Å². The van der Waals surface area contributed by atoms with Crippen LogP contribution in [0.3, 0.4) is 0 Å². The molecule has 35 heavy (non-hydrogen) atoms. The van der Waals surface area contributed by atoms with Crippen molar-refractivity contribution in [3.8, 4) is 11.4 Å². The molecule has 0 saturated heterocycles. The van der Waals surface area contributed by atoms with Crippen molar-refractivity contribution in [1.29, 1.82) is 0 Å². The number of rotatable bonds is 9. The molecule has 0 spiro atoms. The lowest BCUT2D eigenvalue weighted by atomic mass is 9.92. The molecule has 1 aromatic heterocycles. The van der Waals surface area contributed by atoms with E-state index in [1.165, 1.54) is 4.90 Å². The number of anilines is 2. The Labute approximate surface area is 207 Å². The molecule has 0 atom stereocenters. The number of urea groups is 1. The minimum Gasteiger partial charge on any atom is -0.494 e. The zero-order valence-electron chi connectivity index (χ0n) is 21.2. The van der Waals surface area contributed by atoms with Gasteiger partial charge in [0.1, 0.15) is 18.1 Å². The maximum Gasteiger partial charge on any atom is 0.322 e. The van der Waals surface area contributed by atoms with E-state index in [-0.39, 0.29) is 23.9 Å². The van der Waals surface area contributed by atoms with Crippen LogP contribution in [0.2, 0.25) is 0 Å². The van der Waals surface area contributed by atoms with Gasteiger partial charge in [0.05, 0.1) is 18.0 Å². The number of nitrogens with zero attached hydrogens (tertiary/aromatic N) is 3. The Kier molecular flexibility index (Phi) is 8.52. The molecule has 2 aromatic carbocycles. The number of amides is 3. The van der Waals surface area contributed by atoms with Crippen molar-refractivity contribution < 1.29 is 14.3 Å². The molecule has 3 aromatic rings. The van der Waals surface area contributed by atoms with Crippen LogP contribution >= 0.6 is 0 Å². The zero-order valence-corrected chi connectivity index (χ0v) is 21.2. The first-order valence-electron chi connectivity index (χ1n) is 12.0. The van der Waals surface area contributed by atoms with Crippen molar-refractivity contribution in [1.82, 2.24) is 14.7 Å². The van der Waals surface area contributed by atoms with Gasteiger partial charge in [-0.05, 0) is 49.7 Å². The third-order valence-electron chi connectivity index (χ3n) is 5.28. The van der Waals surface area contributed by atoms with E-state index in [1.54, 1.807) is 28.9 Å². The van der Waals surface area contributed by atoms with Gasteiger partial charge in [-0.2, -0.15) is 5.10 Å². The van der Waals surface area contributed by atoms with Crippen LogP contribution in [0.4, 0.5) is 16.3 Å². The van der Waals surface area contributed by atoms with Crippen molar-refractivity contribution in [2.24, 2.45) is 0 Å². The minimum absolute atomic E-state index is 0.0818. The molecule has 0 fully saturated rings. The maximum absolute atomic E-state index is 13.0. The second kappa shape index (κ2) is 11.6. The first kappa shape index (κ1) is 25.8. The zero-order chi connectivity index (χ0) is 25.4. The summed E-state index contributed by atoms with van der Waals surface area (Å²) < 4.78 is 7.17. The lowest BCUT2D eigenvalue weighted by Crippen LogP contribution is -2.41. The van der Waals surface area contributed by atoms with Gasteiger partial charge < -0.3 is 20.3 Å². The topological polar surface area (TPSA) is 88.5 Å². The van der Waals surface area contributed by atoms with E-state index in [1.807, 2.05) is 50.2 Å². The van der Waals surface area contributed by atoms with Crippen molar-refractivity contribution in [2.45, 2.75) is 46.5 Å². The summed E-state index contributed by atoms with van der Waals surface area (Å²) in [6.45, 7) is 11.0. The Morgan fingerprint density at radius 1 is 1.00 bits per heavy atom. The Morgan fingerprint density at radius 3 is 2.29 bits per heavy atom. The van der Waals surface area contributed by atoms with E-state index in [2.05, 4.69) is 31.4 Å². The highest BCUT2D eigenvalue weighted by atomic mass is 16.5. The van der Waals surface area contributed by atoms with Gasteiger partial charge in [0.15, 0.2) is 0 Å². The fraction of sp³-hybridized carbons (Fsp3) is 0.370. The van der Waals surface area contributed by atoms with Crippen LogP contribution in [0.5, 0.6) is 5.75 Å². The predicted octanol–water partition coefficient (Wildman–Crippen LogP) is 5.45. The van der Waals surface area contributed by atoms with Crippen LogP contribution in [0.1, 0.15) is 46.7 Å². The number of carbonyl (C=O) groups excluding carboxylic acids is 2. The third kappa shape index (κ3) is 7.09. The van der Waals surface area contributed by atoms with Gasteiger partial charge in [-0.3, -0.25) is 4.79 Å². The first-order chi connectivity index (χ1) is 16.7. The molecule has 0 unspecified atom stereocenters. The van der Waals surface area contributed by atoms with E-state index < -0.39 is 0 Å². The number of ether oxygens (including phenoxy) is 1. The first-order valence-corrected chi connectivity index (χ1v) is 12.0. The van der Waals surface area contributed by atoms with Crippen LogP contribution in [-0.4, -0.2) is 46.3 Å². The molecule has 0 bridgehead atoms. The van der Waals surface area contributed by atoms with Gasteiger partial charge in [-0.1, -0.05) is 45.9 Å². The molecular formula is C27H35N5O3. The maximum atomic E-state index is 13.0. The minimum atomic E-state index is -0.335. The van der Waals surface area contributed by atoms with Gasteiger partial charge >= 0.3 is 6.03 Å². The highest BCUT2D eigenvalue weighted by molar-refractivity contribution is 5.96. The fourth-order valence-electron chi connectivity index (χ4n) is 3.48. The van der Waals surface area contributed by atoms with Gasteiger partial charge in [-0.15, -0.1) is 0 Å². The second-order valence-corrected chi connectivity index (χ2v) is 9.27. The molecule has 3 rings (SSSR count). The number of benzene rings is 2. The molecule has 0 radical (unpaired) electrons. The van der Waals surface area contributed by atoms with Crippen LogP contribution in [-0.2, 0) is 10.2 Å². The molecule has 0 aliphatic heterocycles. The van der Waals surface area contributed by atoms with E-state index >= 15 is 0 Å². The summed E-state index contributed by atoms with van der Waals surface area (Å²) in [6, 6.07) is 18.3. The molecule has 3 amide bonds. The molecule has 0 aliphatic carbocycles. The van der Waals surface area contributed by atoms with Crippen LogP contribution in [0.25, 0.3) is 5.69 Å². The molecule has 2 N–H and O–H groups in total. The summed E-state index contributed by atoms with van der Waals surface area (Å²) in [7, 11) is 0. The molecule has 0 saturated carbocycles. The highest BCUT2D eigenvalue weighted by Crippen LogP contribution is 2.26. The number of nitrogens with one attached hydrogen (secondary N) is 2. The summed E-state index contributed by atoms with van der Waals surface area (Å²) in [6.07, 6.45) is 0.722.